The SMILES string of the molecule is CC(=O)NC(C)C(=O)NC(C)(CO)c1ccccc1. The van der Waals surface area contributed by atoms with Gasteiger partial charge in [0.25, 0.3) is 0 Å². The predicted molar refractivity (Wildman–Crippen MR) is 72.3 cm³/mol. The molecule has 1 rings (SSSR count). The smallest absolute Gasteiger partial charge is 0.243 e. The monoisotopic (exact) mass is 264 g/mol. The summed E-state index contributed by atoms with van der Waals surface area (Å²) in [6.07, 6.45) is 0. The van der Waals surface area contributed by atoms with Gasteiger partial charge in [0.1, 0.15) is 6.04 Å². The maximum absolute atomic E-state index is 12.0. The predicted octanol–water partition coefficient (Wildman–Crippen LogP) is 0.535. The van der Waals surface area contributed by atoms with Crippen molar-refractivity contribution in [1.29, 1.82) is 0 Å². The van der Waals surface area contributed by atoms with Crippen LogP contribution in [0.5, 0.6) is 0 Å². The highest BCUT2D eigenvalue weighted by molar-refractivity contribution is 5.87. The van der Waals surface area contributed by atoms with Crippen molar-refractivity contribution in [1.82, 2.24) is 10.6 Å². The maximum Gasteiger partial charge on any atom is 0.243 e. The Hall–Kier alpha value is -1.88. The Balaban J connectivity index is 2.82. The maximum atomic E-state index is 12.0. The molecular weight excluding hydrogens is 244 g/mol. The minimum atomic E-state index is -0.870. The van der Waals surface area contributed by atoms with Gasteiger partial charge in [0, 0.05) is 6.92 Å². The Kier molecular flexibility index (Phi) is 5.06. The van der Waals surface area contributed by atoms with Crippen molar-refractivity contribution in [2.75, 3.05) is 6.61 Å². The van der Waals surface area contributed by atoms with Crippen LogP contribution in [0.4, 0.5) is 0 Å². The van der Waals surface area contributed by atoms with E-state index in [9.17, 15) is 14.7 Å². The van der Waals surface area contributed by atoms with Crippen LogP contribution in [0.3, 0.4) is 0 Å². The van der Waals surface area contributed by atoms with Crippen LogP contribution >= 0.6 is 0 Å². The first-order valence-electron chi connectivity index (χ1n) is 6.14. The van der Waals surface area contributed by atoms with E-state index in [4.69, 9.17) is 0 Å². The first-order chi connectivity index (χ1) is 8.89. The van der Waals surface area contributed by atoms with Gasteiger partial charge in [-0.2, -0.15) is 0 Å². The molecule has 0 aliphatic heterocycles. The van der Waals surface area contributed by atoms with Gasteiger partial charge in [-0.25, -0.2) is 0 Å². The molecule has 0 radical (unpaired) electrons. The zero-order valence-electron chi connectivity index (χ0n) is 11.4. The van der Waals surface area contributed by atoms with Gasteiger partial charge >= 0.3 is 0 Å². The molecule has 2 atom stereocenters. The summed E-state index contributed by atoms with van der Waals surface area (Å²) in [4.78, 5) is 22.9. The van der Waals surface area contributed by atoms with Gasteiger partial charge in [-0.05, 0) is 19.4 Å². The number of rotatable bonds is 5. The number of nitrogens with one attached hydrogen (secondary N) is 2. The van der Waals surface area contributed by atoms with Gasteiger partial charge in [-0.3, -0.25) is 9.59 Å². The molecule has 1 aromatic rings. The molecule has 0 aromatic heterocycles. The fraction of sp³-hybridized carbons (Fsp3) is 0.429. The quantitative estimate of drug-likeness (QED) is 0.726. The summed E-state index contributed by atoms with van der Waals surface area (Å²) in [6, 6.07) is 8.56. The topological polar surface area (TPSA) is 78.4 Å². The van der Waals surface area contributed by atoms with Crippen LogP contribution in [-0.2, 0) is 15.1 Å². The third-order valence-electron chi connectivity index (χ3n) is 2.94. The summed E-state index contributed by atoms with van der Waals surface area (Å²) >= 11 is 0. The van der Waals surface area contributed by atoms with Crippen LogP contribution in [0.2, 0.25) is 0 Å². The Morgan fingerprint density at radius 2 is 1.89 bits per heavy atom. The standard InChI is InChI=1S/C14H20N2O3/c1-10(15-11(2)18)13(19)16-14(3,9-17)12-7-5-4-6-8-12/h4-8,10,17H,9H2,1-3H3,(H,15,18)(H,16,19). The average molecular weight is 264 g/mol. The van der Waals surface area contributed by atoms with E-state index in [0.29, 0.717) is 0 Å². The Labute approximate surface area is 113 Å². The number of aliphatic hydroxyl groups excluding tert-OH is 1. The average Bonchev–Trinajstić information content (AvgIpc) is 2.38. The number of hydrogen-bond donors (Lipinski definition) is 3. The van der Waals surface area contributed by atoms with Crippen molar-refractivity contribution in [3.63, 3.8) is 0 Å². The van der Waals surface area contributed by atoms with Crippen LogP contribution in [0, 0.1) is 0 Å². The van der Waals surface area contributed by atoms with Gasteiger partial charge in [0.15, 0.2) is 0 Å². The van der Waals surface area contributed by atoms with E-state index in [-0.39, 0.29) is 18.4 Å². The second-order valence-corrected chi connectivity index (χ2v) is 4.77. The normalized spacial score (nSPS) is 15.2. The lowest BCUT2D eigenvalue weighted by atomic mass is 9.92. The van der Waals surface area contributed by atoms with Crippen LogP contribution in [-0.4, -0.2) is 29.6 Å². The zero-order valence-corrected chi connectivity index (χ0v) is 11.4. The van der Waals surface area contributed by atoms with Crippen LogP contribution in [0.15, 0.2) is 30.3 Å². The molecule has 0 spiro atoms. The lowest BCUT2D eigenvalue weighted by Gasteiger charge is -2.30. The summed E-state index contributed by atoms with van der Waals surface area (Å²) in [6.45, 7) is 4.46. The third-order valence-corrected chi connectivity index (χ3v) is 2.94. The Bertz CT molecular complexity index is 447. The van der Waals surface area contributed by atoms with Crippen molar-refractivity contribution in [3.8, 4) is 0 Å². The van der Waals surface area contributed by atoms with E-state index >= 15 is 0 Å². The van der Waals surface area contributed by atoms with E-state index in [0.717, 1.165) is 5.56 Å². The molecule has 0 bridgehead atoms. The minimum absolute atomic E-state index is 0.227. The van der Waals surface area contributed by atoms with E-state index in [1.165, 1.54) is 6.92 Å². The largest absolute Gasteiger partial charge is 0.394 e. The molecule has 1 aromatic carbocycles. The zero-order chi connectivity index (χ0) is 14.5. The summed E-state index contributed by atoms with van der Waals surface area (Å²) in [5.74, 6) is -0.608. The summed E-state index contributed by atoms with van der Waals surface area (Å²) < 4.78 is 0. The molecule has 2 unspecified atom stereocenters. The van der Waals surface area contributed by atoms with Crippen molar-refractivity contribution in [2.45, 2.75) is 32.4 Å². The molecule has 2 amide bonds. The van der Waals surface area contributed by atoms with Crippen LogP contribution in [0.1, 0.15) is 26.3 Å². The van der Waals surface area contributed by atoms with Crippen molar-refractivity contribution < 1.29 is 14.7 Å². The molecule has 0 heterocycles. The van der Waals surface area contributed by atoms with Gasteiger partial charge < -0.3 is 15.7 Å². The second-order valence-electron chi connectivity index (χ2n) is 4.77. The summed E-state index contributed by atoms with van der Waals surface area (Å²) in [5.41, 5.74) is -0.0636. The van der Waals surface area contributed by atoms with E-state index in [1.54, 1.807) is 13.8 Å². The molecule has 19 heavy (non-hydrogen) atoms. The fourth-order valence-electron chi connectivity index (χ4n) is 1.76. The molecule has 0 saturated carbocycles. The third kappa shape index (κ3) is 4.06. The number of amides is 2. The number of aliphatic hydroxyl groups is 1. The number of benzene rings is 1. The molecule has 3 N–H and O–H groups in total. The second kappa shape index (κ2) is 6.33. The Morgan fingerprint density at radius 1 is 1.32 bits per heavy atom. The molecular formula is C14H20N2O3. The first-order valence-corrected chi connectivity index (χ1v) is 6.14. The highest BCUT2D eigenvalue weighted by atomic mass is 16.3. The van der Waals surface area contributed by atoms with Crippen molar-refractivity contribution in [2.24, 2.45) is 0 Å². The van der Waals surface area contributed by atoms with Gasteiger partial charge in [0.2, 0.25) is 11.8 Å². The number of hydrogen-bond acceptors (Lipinski definition) is 3. The molecule has 0 aliphatic rings. The van der Waals surface area contributed by atoms with Gasteiger partial charge in [-0.1, -0.05) is 30.3 Å². The number of carbonyl (C=O) groups is 2. The molecule has 104 valence electrons. The molecule has 0 aliphatic carbocycles. The molecule has 5 nitrogen and oxygen atoms in total. The van der Waals surface area contributed by atoms with E-state index in [1.807, 2.05) is 30.3 Å². The number of carbonyl (C=O) groups excluding carboxylic acids is 2. The Morgan fingerprint density at radius 3 is 2.37 bits per heavy atom. The highest BCUT2D eigenvalue weighted by Gasteiger charge is 2.29. The van der Waals surface area contributed by atoms with Gasteiger partial charge in [0.05, 0.1) is 12.1 Å². The minimum Gasteiger partial charge on any atom is -0.394 e. The summed E-state index contributed by atoms with van der Waals surface area (Å²) in [7, 11) is 0. The first kappa shape index (κ1) is 15.2. The van der Waals surface area contributed by atoms with Crippen LogP contribution < -0.4 is 10.6 Å². The lowest BCUT2D eigenvalue weighted by molar-refractivity contribution is -0.129. The summed E-state index contributed by atoms with van der Waals surface area (Å²) in [5, 5.41) is 14.8. The molecule has 5 heteroatoms. The van der Waals surface area contributed by atoms with Crippen molar-refractivity contribution >= 4 is 11.8 Å². The lowest BCUT2D eigenvalue weighted by Crippen LogP contribution is -2.53. The fourth-order valence-corrected chi connectivity index (χ4v) is 1.76. The highest BCUT2D eigenvalue weighted by Crippen LogP contribution is 2.19. The van der Waals surface area contributed by atoms with E-state index in [2.05, 4.69) is 10.6 Å². The molecule has 0 fully saturated rings. The van der Waals surface area contributed by atoms with Crippen LogP contribution in [0.25, 0.3) is 0 Å². The molecule has 0 saturated heterocycles. The van der Waals surface area contributed by atoms with E-state index < -0.39 is 11.6 Å². The van der Waals surface area contributed by atoms with Gasteiger partial charge in [-0.15, -0.1) is 0 Å². The van der Waals surface area contributed by atoms with Crippen molar-refractivity contribution in [3.05, 3.63) is 35.9 Å².